The van der Waals surface area contributed by atoms with Crippen molar-refractivity contribution in [2.24, 2.45) is 0 Å². The minimum atomic E-state index is -2.46. The van der Waals surface area contributed by atoms with E-state index in [1.165, 1.54) is 6.92 Å². The van der Waals surface area contributed by atoms with Crippen molar-refractivity contribution < 1.29 is 31.5 Å². The molecule has 0 bridgehead atoms. The SMILES string of the molecule is CCC(C)(F)F.[2H]PF.[V]. The summed E-state index contributed by atoms with van der Waals surface area (Å²) in [4.78, 5) is 0. The fourth-order valence-electron chi connectivity index (χ4n) is 0. The molecule has 0 heterocycles. The van der Waals surface area contributed by atoms with Crippen LogP contribution in [0.1, 0.15) is 20.3 Å². The largest absolute Gasteiger partial charge is 0.245 e. The predicted molar refractivity (Wildman–Crippen MR) is 31.7 cm³/mol. The van der Waals surface area contributed by atoms with Crippen molar-refractivity contribution in [2.45, 2.75) is 26.2 Å². The number of hydrogen-bond donors (Lipinski definition) is 0. The van der Waals surface area contributed by atoms with Crippen molar-refractivity contribution in [3.63, 3.8) is 0 Å². The first-order chi connectivity index (χ1) is 3.97. The van der Waals surface area contributed by atoms with Crippen LogP contribution in [0.4, 0.5) is 13.0 Å². The Bertz CT molecular complexity index is 59.0. The van der Waals surface area contributed by atoms with Gasteiger partial charge in [-0.05, 0) is 6.92 Å². The van der Waals surface area contributed by atoms with E-state index >= 15 is 0 Å². The molecule has 0 rings (SSSR count). The van der Waals surface area contributed by atoms with Crippen molar-refractivity contribution >= 4 is 9.50 Å². The summed E-state index contributed by atoms with van der Waals surface area (Å²) in [7, 11) is -1.17. The van der Waals surface area contributed by atoms with Crippen LogP contribution in [0.5, 0.6) is 0 Å². The van der Waals surface area contributed by atoms with Gasteiger partial charge in [0.1, 0.15) is 0 Å². The Morgan fingerprint density at radius 2 is 1.78 bits per heavy atom. The summed E-state index contributed by atoms with van der Waals surface area (Å²) in [6, 6.07) is 0. The molecule has 0 spiro atoms. The quantitative estimate of drug-likeness (QED) is 0.568. The van der Waals surface area contributed by atoms with Crippen molar-refractivity contribution in [3.05, 3.63) is 0 Å². The summed E-state index contributed by atoms with van der Waals surface area (Å²) in [6.07, 6.45) is -0.0625. The van der Waals surface area contributed by atoms with Crippen LogP contribution in [0.3, 0.4) is 0 Å². The zero-order valence-corrected chi connectivity index (χ0v) is 7.68. The zero-order chi connectivity index (χ0) is 7.91. The topological polar surface area (TPSA) is 0 Å². The van der Waals surface area contributed by atoms with Crippen LogP contribution in [-0.4, -0.2) is 7.20 Å². The third-order valence-electron chi connectivity index (χ3n) is 0.621. The van der Waals surface area contributed by atoms with E-state index in [4.69, 9.17) is 1.28 Å². The molecule has 0 aromatic rings. The van der Waals surface area contributed by atoms with E-state index < -0.39 is 15.4 Å². The number of alkyl halides is 2. The average molecular weight is 198 g/mol. The van der Waals surface area contributed by atoms with Crippen LogP contribution in [0.2, 0.25) is 0 Å². The Kier molecular flexibility index (Phi) is 12.2. The summed E-state index contributed by atoms with van der Waals surface area (Å²) in [6.45, 7) is 2.37. The van der Waals surface area contributed by atoms with Gasteiger partial charge in [-0.3, -0.25) is 0 Å². The first-order valence-corrected chi connectivity index (χ1v) is 2.51. The van der Waals surface area contributed by atoms with Gasteiger partial charge in [0.2, 0.25) is 5.92 Å². The van der Waals surface area contributed by atoms with Crippen LogP contribution >= 0.6 is 9.50 Å². The molecule has 0 aromatic carbocycles. The molecule has 0 saturated carbocycles. The van der Waals surface area contributed by atoms with Crippen molar-refractivity contribution in [3.8, 4) is 0 Å². The summed E-state index contributed by atoms with van der Waals surface area (Å²) in [5.74, 6) is -2.46. The van der Waals surface area contributed by atoms with Gasteiger partial charge in [0.05, 0.1) is 10.8 Å². The van der Waals surface area contributed by atoms with Gasteiger partial charge in [-0.15, -0.1) is 0 Å². The molecule has 0 saturated heterocycles. The molecule has 57 valence electrons. The maximum Gasteiger partial charge on any atom is 0.245 e. The number of hydrogen-bond acceptors (Lipinski definition) is 0. The third kappa shape index (κ3) is 28.2. The van der Waals surface area contributed by atoms with E-state index in [1.54, 1.807) is 0 Å². The van der Waals surface area contributed by atoms with E-state index in [1.807, 2.05) is 0 Å². The van der Waals surface area contributed by atoms with E-state index in [2.05, 4.69) is 0 Å². The maximum atomic E-state index is 11.5. The third-order valence-corrected chi connectivity index (χ3v) is 0.621. The van der Waals surface area contributed by atoms with Crippen LogP contribution in [0, 0.1) is 0 Å². The van der Waals surface area contributed by atoms with Gasteiger partial charge in [0.25, 0.3) is 0 Å². The van der Waals surface area contributed by atoms with Crippen LogP contribution in [0.15, 0.2) is 0 Å². The van der Waals surface area contributed by atoms with Crippen LogP contribution in [-0.2, 0) is 18.6 Å². The molecule has 1 unspecified atom stereocenters. The first-order valence-electron chi connectivity index (χ1n) is 2.63. The molecule has 0 fully saturated rings. The van der Waals surface area contributed by atoms with Gasteiger partial charge in [0, 0.05) is 25.0 Å². The molecule has 0 aliphatic heterocycles. The van der Waals surface area contributed by atoms with Gasteiger partial charge in [0.15, 0.2) is 0 Å². The fourth-order valence-corrected chi connectivity index (χ4v) is 0. The molecular formula is C4H10F3PV. The zero-order valence-electron chi connectivity index (χ0n) is 6.29. The van der Waals surface area contributed by atoms with Gasteiger partial charge in [-0.2, -0.15) is 0 Å². The Hall–Kier alpha value is 0.804. The normalized spacial score (nSPS) is 11.4. The van der Waals surface area contributed by atoms with Crippen molar-refractivity contribution in [1.29, 1.82) is 1.28 Å². The average Bonchev–Trinajstić information content (AvgIpc) is 1.67. The van der Waals surface area contributed by atoms with E-state index in [0.29, 0.717) is 0 Å². The van der Waals surface area contributed by atoms with Gasteiger partial charge in [-0.1, -0.05) is 6.92 Å². The Morgan fingerprint density at radius 3 is 1.78 bits per heavy atom. The summed E-state index contributed by atoms with van der Waals surface area (Å²) < 4.78 is 38.5. The van der Waals surface area contributed by atoms with Crippen molar-refractivity contribution in [2.75, 3.05) is 0 Å². The minimum absolute atomic E-state index is 0. The van der Waals surface area contributed by atoms with Crippen LogP contribution < -0.4 is 0 Å². The summed E-state index contributed by atoms with van der Waals surface area (Å²) in [5, 5.41) is 0. The molecule has 0 aliphatic carbocycles. The standard InChI is InChI=1S/C4H8F2.FH2P.V/c1-3-4(2,5)6;1-2;/h3H2,1-2H3;2H2;/i;2D;. The number of halogens is 3. The molecule has 1 atom stereocenters. The molecule has 1 radical (unpaired) electrons. The van der Waals surface area contributed by atoms with E-state index in [-0.39, 0.29) is 25.0 Å². The van der Waals surface area contributed by atoms with E-state index in [0.717, 1.165) is 6.92 Å². The Labute approximate surface area is 69.1 Å². The molecule has 9 heavy (non-hydrogen) atoms. The molecular weight excluding hydrogens is 187 g/mol. The summed E-state index contributed by atoms with van der Waals surface area (Å²) >= 11 is 0. The number of rotatable bonds is 1. The van der Waals surface area contributed by atoms with Crippen molar-refractivity contribution in [1.82, 2.24) is 0 Å². The minimum Gasteiger partial charge on any atom is -0.234 e. The monoisotopic (exact) mass is 198 g/mol. The first kappa shape index (κ1) is 12.5. The Morgan fingerprint density at radius 1 is 1.67 bits per heavy atom. The second kappa shape index (κ2) is 8.80. The Balaban J connectivity index is -0.000000107. The smallest absolute Gasteiger partial charge is 0.234 e. The van der Waals surface area contributed by atoms with Gasteiger partial charge < -0.3 is 0 Å². The second-order valence-corrected chi connectivity index (χ2v) is 1.42. The van der Waals surface area contributed by atoms with Gasteiger partial charge in [-0.25, -0.2) is 13.0 Å². The molecule has 0 N–H and O–H groups in total. The molecule has 0 amide bonds. The van der Waals surface area contributed by atoms with Crippen LogP contribution in [0.25, 0.3) is 0 Å². The summed E-state index contributed by atoms with van der Waals surface area (Å²) in [5.41, 5.74) is 0. The fraction of sp³-hybridized carbons (Fsp3) is 1.00. The molecule has 0 nitrogen and oxygen atoms in total. The maximum absolute atomic E-state index is 11.5. The van der Waals surface area contributed by atoms with Gasteiger partial charge >= 0.3 is 0 Å². The van der Waals surface area contributed by atoms with E-state index in [9.17, 15) is 13.0 Å². The predicted octanol–water partition coefficient (Wildman–Crippen LogP) is 2.80. The molecule has 0 aliphatic rings. The molecule has 5 heteroatoms. The second-order valence-electron chi connectivity index (χ2n) is 1.42. The molecule has 0 aromatic heterocycles.